The molecule has 1 saturated carbocycles. The number of nitrogens with zero attached hydrogens (tertiary/aromatic N) is 2. The van der Waals surface area contributed by atoms with Crippen LogP contribution in [0.3, 0.4) is 0 Å². The number of hydrogen-bond donors (Lipinski definition) is 2. The van der Waals surface area contributed by atoms with Crippen molar-refractivity contribution in [2.24, 2.45) is 0 Å². The van der Waals surface area contributed by atoms with E-state index in [1.807, 2.05) is 30.3 Å². The van der Waals surface area contributed by atoms with Crippen LogP contribution in [0.1, 0.15) is 39.5 Å². The second-order valence-electron chi connectivity index (χ2n) is 8.06. The lowest BCUT2D eigenvalue weighted by atomic mass is 10.2. The third kappa shape index (κ3) is 5.24. The summed E-state index contributed by atoms with van der Waals surface area (Å²) >= 11 is 1.17. The molecule has 1 atom stereocenters. The fourth-order valence-corrected chi connectivity index (χ4v) is 4.85. The first-order valence-electron chi connectivity index (χ1n) is 10.6. The number of aryl methyl sites for hydroxylation is 1. The molecule has 1 fully saturated rings. The SMILES string of the molecule is COC(=O)c1sc2nc(CN(C[C@@H](O)COCc3ccccc3)C3CC3)[nH]c(=O)c2c1C. The number of fused-ring (bicyclic) bond motifs is 1. The molecule has 1 aromatic carbocycles. The molecule has 0 bridgehead atoms. The Morgan fingerprint density at radius 3 is 2.78 bits per heavy atom. The van der Waals surface area contributed by atoms with Gasteiger partial charge < -0.3 is 19.6 Å². The van der Waals surface area contributed by atoms with E-state index >= 15 is 0 Å². The summed E-state index contributed by atoms with van der Waals surface area (Å²) in [5, 5.41) is 10.9. The van der Waals surface area contributed by atoms with Crippen LogP contribution >= 0.6 is 11.3 Å². The third-order valence-electron chi connectivity index (χ3n) is 5.50. The molecule has 3 aromatic rings. The Morgan fingerprint density at radius 1 is 1.34 bits per heavy atom. The van der Waals surface area contributed by atoms with E-state index in [1.54, 1.807) is 6.92 Å². The molecule has 32 heavy (non-hydrogen) atoms. The molecule has 2 N–H and O–H groups in total. The van der Waals surface area contributed by atoms with E-state index in [4.69, 9.17) is 9.47 Å². The molecule has 1 aliphatic rings. The number of esters is 1. The number of ether oxygens (including phenoxy) is 2. The smallest absolute Gasteiger partial charge is 0.348 e. The number of rotatable bonds is 10. The van der Waals surface area contributed by atoms with E-state index in [-0.39, 0.29) is 12.2 Å². The molecule has 170 valence electrons. The Hall–Kier alpha value is -2.59. The number of hydrogen-bond acceptors (Lipinski definition) is 8. The second kappa shape index (κ2) is 9.91. The lowest BCUT2D eigenvalue weighted by Gasteiger charge is -2.24. The van der Waals surface area contributed by atoms with Crippen LogP contribution in [0.5, 0.6) is 0 Å². The van der Waals surface area contributed by atoms with Gasteiger partial charge in [-0.1, -0.05) is 30.3 Å². The van der Waals surface area contributed by atoms with Gasteiger partial charge in [0.1, 0.15) is 15.5 Å². The van der Waals surface area contributed by atoms with Crippen LogP contribution in [-0.4, -0.2) is 58.4 Å². The van der Waals surface area contributed by atoms with Crippen LogP contribution in [0, 0.1) is 6.92 Å². The van der Waals surface area contributed by atoms with Crippen molar-refractivity contribution in [3.63, 3.8) is 0 Å². The van der Waals surface area contributed by atoms with Crippen molar-refractivity contribution in [2.75, 3.05) is 20.3 Å². The summed E-state index contributed by atoms with van der Waals surface area (Å²) in [5.41, 5.74) is 1.38. The molecule has 2 aromatic heterocycles. The highest BCUT2D eigenvalue weighted by atomic mass is 32.1. The van der Waals surface area contributed by atoms with Gasteiger partial charge in [-0.25, -0.2) is 9.78 Å². The van der Waals surface area contributed by atoms with Gasteiger partial charge in [-0.2, -0.15) is 0 Å². The fourth-order valence-electron chi connectivity index (χ4n) is 3.74. The predicted octanol–water partition coefficient (Wildman–Crippen LogP) is 2.62. The Balaban J connectivity index is 1.42. The molecule has 0 radical (unpaired) electrons. The van der Waals surface area contributed by atoms with E-state index in [9.17, 15) is 14.7 Å². The maximum atomic E-state index is 12.7. The van der Waals surface area contributed by atoms with Gasteiger partial charge in [0.25, 0.3) is 5.56 Å². The molecule has 4 rings (SSSR count). The Morgan fingerprint density at radius 2 is 2.09 bits per heavy atom. The zero-order valence-electron chi connectivity index (χ0n) is 18.2. The fraction of sp³-hybridized carbons (Fsp3) is 0.435. The van der Waals surface area contributed by atoms with Crippen molar-refractivity contribution in [1.82, 2.24) is 14.9 Å². The minimum Gasteiger partial charge on any atom is -0.465 e. The molecule has 1 aliphatic carbocycles. The summed E-state index contributed by atoms with van der Waals surface area (Å²) in [4.78, 5) is 35.1. The number of aliphatic hydroxyl groups is 1. The zero-order chi connectivity index (χ0) is 22.7. The highest BCUT2D eigenvalue weighted by Gasteiger charge is 2.31. The van der Waals surface area contributed by atoms with Crippen LogP contribution < -0.4 is 5.56 Å². The standard InChI is InChI=1S/C23H27N3O5S/c1-14-19-21(28)24-18(25-22(19)32-20(14)23(29)30-2)11-26(16-8-9-16)10-17(27)13-31-12-15-6-4-3-5-7-15/h3-7,16-17,27H,8-13H2,1-2H3,(H,24,25,28)/t17-/m1/s1. The molecular weight excluding hydrogens is 430 g/mol. The van der Waals surface area contributed by atoms with E-state index in [2.05, 4.69) is 14.9 Å². The minimum absolute atomic E-state index is 0.230. The summed E-state index contributed by atoms with van der Waals surface area (Å²) in [6, 6.07) is 10.2. The maximum Gasteiger partial charge on any atom is 0.348 e. The normalized spacial score (nSPS) is 14.8. The number of H-pyrrole nitrogens is 1. The van der Waals surface area contributed by atoms with Gasteiger partial charge in [0, 0.05) is 12.6 Å². The summed E-state index contributed by atoms with van der Waals surface area (Å²) in [6.07, 6.45) is 1.45. The average molecular weight is 458 g/mol. The number of carbonyl (C=O) groups excluding carboxylic acids is 1. The number of carbonyl (C=O) groups is 1. The molecule has 2 heterocycles. The van der Waals surface area contributed by atoms with Crippen LogP contribution in [0.25, 0.3) is 10.2 Å². The summed E-state index contributed by atoms with van der Waals surface area (Å²) in [5.74, 6) is 0.0501. The molecule has 0 spiro atoms. The lowest BCUT2D eigenvalue weighted by Crippen LogP contribution is -2.37. The predicted molar refractivity (Wildman–Crippen MR) is 122 cm³/mol. The maximum absolute atomic E-state index is 12.7. The van der Waals surface area contributed by atoms with Gasteiger partial charge in [-0.3, -0.25) is 9.69 Å². The van der Waals surface area contributed by atoms with Gasteiger partial charge in [0.2, 0.25) is 0 Å². The molecule has 9 heteroatoms. The molecule has 0 unspecified atom stereocenters. The van der Waals surface area contributed by atoms with Gasteiger partial charge in [0.05, 0.1) is 38.4 Å². The number of benzene rings is 1. The van der Waals surface area contributed by atoms with Gasteiger partial charge in [-0.15, -0.1) is 11.3 Å². The van der Waals surface area contributed by atoms with Crippen LogP contribution in [0.15, 0.2) is 35.1 Å². The highest BCUT2D eigenvalue weighted by Crippen LogP contribution is 2.30. The molecule has 0 amide bonds. The highest BCUT2D eigenvalue weighted by molar-refractivity contribution is 7.20. The average Bonchev–Trinajstić information content (AvgIpc) is 3.57. The first kappa shape index (κ1) is 22.6. The Bertz CT molecular complexity index is 1140. The molecular formula is C23H27N3O5S. The van der Waals surface area contributed by atoms with Crippen LogP contribution in [0.4, 0.5) is 0 Å². The monoisotopic (exact) mass is 457 g/mol. The van der Waals surface area contributed by atoms with Crippen molar-refractivity contribution in [3.8, 4) is 0 Å². The van der Waals surface area contributed by atoms with E-state index in [0.717, 1.165) is 18.4 Å². The number of aromatic nitrogens is 2. The minimum atomic E-state index is -0.648. The second-order valence-corrected chi connectivity index (χ2v) is 9.05. The molecule has 0 aliphatic heterocycles. The first-order chi connectivity index (χ1) is 15.5. The van der Waals surface area contributed by atoms with E-state index in [1.165, 1.54) is 18.4 Å². The number of thiophene rings is 1. The summed E-state index contributed by atoms with van der Waals surface area (Å²) in [6.45, 7) is 3.25. The zero-order valence-corrected chi connectivity index (χ0v) is 19.0. The number of aliphatic hydroxyl groups excluding tert-OH is 1. The number of methoxy groups -OCH3 is 1. The van der Waals surface area contributed by atoms with E-state index in [0.29, 0.717) is 52.2 Å². The van der Waals surface area contributed by atoms with E-state index < -0.39 is 12.1 Å². The quantitative estimate of drug-likeness (QED) is 0.451. The van der Waals surface area contributed by atoms with Crippen LogP contribution in [-0.2, 0) is 22.6 Å². The van der Waals surface area contributed by atoms with Gasteiger partial charge in [0.15, 0.2) is 0 Å². The number of nitrogens with one attached hydrogen (secondary N) is 1. The van der Waals surface area contributed by atoms with Crippen molar-refractivity contribution in [3.05, 3.63) is 62.5 Å². The topological polar surface area (TPSA) is 105 Å². The van der Waals surface area contributed by atoms with Crippen molar-refractivity contribution >= 4 is 27.5 Å². The molecule has 8 nitrogen and oxygen atoms in total. The van der Waals surface area contributed by atoms with Crippen LogP contribution in [0.2, 0.25) is 0 Å². The summed E-state index contributed by atoms with van der Waals surface area (Å²) in [7, 11) is 1.32. The third-order valence-corrected chi connectivity index (χ3v) is 6.67. The van der Waals surface area contributed by atoms with Crippen molar-refractivity contribution < 1.29 is 19.4 Å². The van der Waals surface area contributed by atoms with Gasteiger partial charge in [-0.05, 0) is 30.9 Å². The van der Waals surface area contributed by atoms with Crippen molar-refractivity contribution in [2.45, 2.75) is 45.1 Å². The molecule has 0 saturated heterocycles. The Kier molecular flexibility index (Phi) is 7.00. The lowest BCUT2D eigenvalue weighted by molar-refractivity contribution is 0.00666. The van der Waals surface area contributed by atoms with Crippen molar-refractivity contribution in [1.29, 1.82) is 0 Å². The number of aromatic amines is 1. The first-order valence-corrected chi connectivity index (χ1v) is 11.4. The van der Waals surface area contributed by atoms with Gasteiger partial charge >= 0.3 is 5.97 Å². The largest absolute Gasteiger partial charge is 0.465 e. The Labute approximate surface area is 189 Å². The summed E-state index contributed by atoms with van der Waals surface area (Å²) < 4.78 is 10.5.